The van der Waals surface area contributed by atoms with Crippen molar-refractivity contribution in [3.63, 3.8) is 0 Å². The second kappa shape index (κ2) is 8.34. The van der Waals surface area contributed by atoms with Crippen LogP contribution in [0.25, 0.3) is 44.5 Å². The molecule has 0 saturated heterocycles. The normalized spacial score (nSPS) is 20.8. The number of para-hydroxylation sites is 1. The average Bonchev–Trinajstić information content (AvgIpc) is 3.32. The zero-order chi connectivity index (χ0) is 30.1. The smallest absolute Gasteiger partial charge is 0.227 e. The maximum Gasteiger partial charge on any atom is 0.227 e. The summed E-state index contributed by atoms with van der Waals surface area (Å²) in [7, 11) is 0. The highest BCUT2D eigenvalue weighted by atomic mass is 16.3. The Kier molecular flexibility index (Phi) is 3.70. The Bertz CT molecular complexity index is 1790. The number of hydrogen-bond donors (Lipinski definition) is 0. The van der Waals surface area contributed by atoms with Crippen LogP contribution in [0, 0.1) is 19.1 Å². The second-order valence-corrected chi connectivity index (χ2v) is 10.3. The quantitative estimate of drug-likeness (QED) is 0.266. The molecule has 2 aromatic carbocycles. The van der Waals surface area contributed by atoms with Gasteiger partial charge >= 0.3 is 0 Å². The van der Waals surface area contributed by atoms with Crippen LogP contribution in [0.15, 0.2) is 71.3 Å². The summed E-state index contributed by atoms with van der Waals surface area (Å²) in [5.74, 6) is -0.644. The van der Waals surface area contributed by atoms with Crippen LogP contribution in [0.3, 0.4) is 0 Å². The van der Waals surface area contributed by atoms with E-state index in [-0.39, 0.29) is 22.4 Å². The number of rotatable bonds is 3. The molecule has 0 aliphatic heterocycles. The van der Waals surface area contributed by atoms with E-state index in [1.807, 2.05) is 42.5 Å². The molecule has 0 radical (unpaired) electrons. The Balaban J connectivity index is 1.44. The lowest BCUT2D eigenvalue weighted by Gasteiger charge is -2.34. The summed E-state index contributed by atoms with van der Waals surface area (Å²) >= 11 is 0. The lowest BCUT2D eigenvalue weighted by atomic mass is 9.71. The van der Waals surface area contributed by atoms with E-state index < -0.39 is 19.6 Å². The first-order valence-electron chi connectivity index (χ1n) is 15.6. The van der Waals surface area contributed by atoms with Gasteiger partial charge in [0.25, 0.3) is 0 Å². The highest BCUT2D eigenvalue weighted by Crippen LogP contribution is 2.43. The molecule has 1 aliphatic carbocycles. The van der Waals surface area contributed by atoms with E-state index in [1.165, 1.54) is 12.3 Å². The molecule has 176 valence electrons. The van der Waals surface area contributed by atoms with Gasteiger partial charge in [-0.3, -0.25) is 4.98 Å². The predicted octanol–water partition coefficient (Wildman–Crippen LogP) is 9.01. The van der Waals surface area contributed by atoms with Crippen LogP contribution < -0.4 is 0 Å². The van der Waals surface area contributed by atoms with E-state index in [0.717, 1.165) is 42.2 Å². The number of hydrogen-bond acceptors (Lipinski definition) is 3. The van der Waals surface area contributed by atoms with Crippen molar-refractivity contribution < 1.29 is 14.0 Å². The van der Waals surface area contributed by atoms with Crippen molar-refractivity contribution in [1.82, 2.24) is 9.97 Å². The standard InChI is InChI=1S/C32H32N2O/c1-20-19-33-29(27-7-5-6-25-26-13-8-21(2)34-31(26)35-30(25)27)18-28(20)24-11-9-22(10-12-24)23-14-16-32(3,4)17-15-23/h5-13,18-19,23H,14-17H2,1-4H3/i1D3,2D3,23D. The van der Waals surface area contributed by atoms with Gasteiger partial charge in [0, 0.05) is 37.8 Å². The van der Waals surface area contributed by atoms with Crippen molar-refractivity contribution in [2.75, 3.05) is 0 Å². The lowest BCUT2D eigenvalue weighted by Crippen LogP contribution is -2.20. The van der Waals surface area contributed by atoms with Crippen molar-refractivity contribution in [3.8, 4) is 22.4 Å². The van der Waals surface area contributed by atoms with Gasteiger partial charge < -0.3 is 4.42 Å². The van der Waals surface area contributed by atoms with Crippen LogP contribution >= 0.6 is 0 Å². The number of benzene rings is 2. The zero-order valence-corrected chi connectivity index (χ0v) is 20.0. The minimum Gasteiger partial charge on any atom is -0.437 e. The van der Waals surface area contributed by atoms with E-state index in [2.05, 4.69) is 23.8 Å². The van der Waals surface area contributed by atoms with Gasteiger partial charge in [0.2, 0.25) is 5.71 Å². The molecule has 6 rings (SSSR count). The molecule has 0 atom stereocenters. The SMILES string of the molecule is [2H]C([2H])([2H])c1ccc2c(n1)oc1c(-c3cc(-c4ccc(C5([2H])CCC(C)(C)CC5)cc4)c(C([2H])([2H])[2H])cn3)cccc12. The highest BCUT2D eigenvalue weighted by Gasteiger charge is 2.27. The third-order valence-corrected chi connectivity index (χ3v) is 7.36. The molecule has 1 fully saturated rings. The summed E-state index contributed by atoms with van der Waals surface area (Å²) < 4.78 is 62.8. The van der Waals surface area contributed by atoms with E-state index in [1.54, 1.807) is 12.1 Å². The third kappa shape index (κ3) is 4.03. The van der Waals surface area contributed by atoms with Crippen LogP contribution in [-0.4, -0.2) is 9.97 Å². The molecule has 1 saturated carbocycles. The molecular weight excluding hydrogens is 428 g/mol. The molecule has 35 heavy (non-hydrogen) atoms. The van der Waals surface area contributed by atoms with Gasteiger partial charge in [-0.25, -0.2) is 4.98 Å². The number of nitrogens with zero attached hydrogens (tertiary/aromatic N) is 2. The maximum absolute atomic E-state index is 9.12. The number of aromatic nitrogens is 2. The summed E-state index contributed by atoms with van der Waals surface area (Å²) in [5, 5.41) is 1.45. The van der Waals surface area contributed by atoms with Crippen LogP contribution in [0.1, 0.15) is 71.8 Å². The molecule has 0 N–H and O–H groups in total. The monoisotopic (exact) mass is 467 g/mol. The first-order chi connectivity index (χ1) is 19.6. The first-order valence-corrected chi connectivity index (χ1v) is 12.1. The maximum atomic E-state index is 9.12. The average molecular weight is 468 g/mol. The number of pyridine rings is 2. The topological polar surface area (TPSA) is 38.9 Å². The van der Waals surface area contributed by atoms with Gasteiger partial charge in [0.15, 0.2) is 0 Å². The Hall–Kier alpha value is -3.46. The van der Waals surface area contributed by atoms with E-state index in [0.29, 0.717) is 27.8 Å². The van der Waals surface area contributed by atoms with Crippen molar-refractivity contribution in [2.45, 2.75) is 59.1 Å². The fourth-order valence-electron chi connectivity index (χ4n) is 5.12. The van der Waals surface area contributed by atoms with Gasteiger partial charge in [-0.05, 0) is 97.2 Å². The summed E-state index contributed by atoms with van der Waals surface area (Å²) in [6.45, 7) is -0.236. The largest absolute Gasteiger partial charge is 0.437 e. The fraction of sp³-hybridized carbons (Fsp3) is 0.312. The third-order valence-electron chi connectivity index (χ3n) is 7.36. The first kappa shape index (κ1) is 15.5. The Morgan fingerprint density at radius 3 is 2.54 bits per heavy atom. The molecular formula is C32H32N2O. The fourth-order valence-corrected chi connectivity index (χ4v) is 5.12. The summed E-state index contributed by atoms with van der Waals surface area (Å²) in [6.07, 6.45) is 4.98. The summed E-state index contributed by atoms with van der Waals surface area (Å²) in [6, 6.07) is 18.2. The van der Waals surface area contributed by atoms with Gasteiger partial charge in [-0.1, -0.05) is 50.2 Å². The predicted molar refractivity (Wildman–Crippen MR) is 145 cm³/mol. The highest BCUT2D eigenvalue weighted by molar-refractivity contribution is 6.08. The minimum atomic E-state index is -2.38. The van der Waals surface area contributed by atoms with Gasteiger partial charge in [0.05, 0.1) is 5.69 Å². The Labute approximate surface area is 217 Å². The van der Waals surface area contributed by atoms with Gasteiger partial charge in [-0.2, -0.15) is 0 Å². The Morgan fingerprint density at radius 1 is 0.943 bits per heavy atom. The summed E-state index contributed by atoms with van der Waals surface area (Å²) in [4.78, 5) is 8.78. The Morgan fingerprint density at radius 2 is 1.77 bits per heavy atom. The van der Waals surface area contributed by atoms with Crippen molar-refractivity contribution in [2.24, 2.45) is 5.41 Å². The van der Waals surface area contributed by atoms with E-state index in [9.17, 15) is 0 Å². The van der Waals surface area contributed by atoms with Crippen LogP contribution in [0.2, 0.25) is 0 Å². The molecule has 3 aromatic heterocycles. The van der Waals surface area contributed by atoms with E-state index >= 15 is 0 Å². The molecule has 1 aliphatic rings. The van der Waals surface area contributed by atoms with Crippen molar-refractivity contribution in [1.29, 1.82) is 0 Å². The zero-order valence-electron chi connectivity index (χ0n) is 27.0. The minimum absolute atomic E-state index is 0.0482. The molecule has 3 nitrogen and oxygen atoms in total. The van der Waals surface area contributed by atoms with E-state index in [4.69, 9.17) is 14.0 Å². The van der Waals surface area contributed by atoms with Crippen molar-refractivity contribution >= 4 is 22.1 Å². The molecule has 3 heteroatoms. The molecule has 3 heterocycles. The molecule has 5 aromatic rings. The van der Waals surface area contributed by atoms with Crippen LogP contribution in [0.5, 0.6) is 0 Å². The molecule has 0 amide bonds. The van der Waals surface area contributed by atoms with Crippen LogP contribution in [0.4, 0.5) is 0 Å². The number of furan rings is 1. The molecule has 0 unspecified atom stereocenters. The molecule has 0 bridgehead atoms. The van der Waals surface area contributed by atoms with Gasteiger partial charge in [-0.15, -0.1) is 0 Å². The molecule has 0 spiro atoms. The van der Waals surface area contributed by atoms with Crippen molar-refractivity contribution in [3.05, 3.63) is 83.7 Å². The van der Waals surface area contributed by atoms with Crippen LogP contribution in [-0.2, 0) is 0 Å². The summed E-state index contributed by atoms with van der Waals surface area (Å²) in [5.41, 5.74) is 4.43. The lowest BCUT2D eigenvalue weighted by molar-refractivity contribution is 0.224. The number of aryl methyl sites for hydroxylation is 2. The van der Waals surface area contributed by atoms with Gasteiger partial charge in [0.1, 0.15) is 5.58 Å². The second-order valence-electron chi connectivity index (χ2n) is 10.3. The number of fused-ring (bicyclic) bond motifs is 3.